The van der Waals surface area contributed by atoms with Crippen molar-refractivity contribution in [3.63, 3.8) is 0 Å². The molecule has 5 nitrogen and oxygen atoms in total. The Kier molecular flexibility index (Phi) is 3.06. The summed E-state index contributed by atoms with van der Waals surface area (Å²) in [6, 6.07) is 3.96. The molecule has 1 fully saturated rings. The lowest BCUT2D eigenvalue weighted by Gasteiger charge is -2.23. The van der Waals surface area contributed by atoms with Crippen molar-refractivity contribution in [1.29, 1.82) is 0 Å². The van der Waals surface area contributed by atoms with Crippen molar-refractivity contribution in [2.75, 3.05) is 30.8 Å². The summed E-state index contributed by atoms with van der Waals surface area (Å²) in [5.41, 5.74) is 8.77. The Morgan fingerprint density at radius 2 is 2.44 bits per heavy atom. The summed E-state index contributed by atoms with van der Waals surface area (Å²) < 4.78 is 5.47. The molecule has 18 heavy (non-hydrogen) atoms. The molecule has 2 heterocycles. The average Bonchev–Trinajstić information content (AvgIpc) is 2.84. The van der Waals surface area contributed by atoms with Crippen molar-refractivity contribution < 1.29 is 4.74 Å². The Hall–Kier alpha value is -1.75. The molecule has 2 aromatic rings. The molecule has 0 amide bonds. The summed E-state index contributed by atoms with van der Waals surface area (Å²) in [5.74, 6) is 0.579. The minimum atomic E-state index is 0.579. The molecule has 4 N–H and O–H groups in total. The van der Waals surface area contributed by atoms with Gasteiger partial charge in [0.2, 0.25) is 0 Å². The second kappa shape index (κ2) is 4.86. The third kappa shape index (κ3) is 2.26. The Morgan fingerprint density at radius 1 is 1.50 bits per heavy atom. The molecular weight excluding hydrogens is 228 g/mol. The summed E-state index contributed by atoms with van der Waals surface area (Å²) in [6.07, 6.45) is 4.16. The van der Waals surface area contributed by atoms with Gasteiger partial charge in [-0.3, -0.25) is 5.10 Å². The summed E-state index contributed by atoms with van der Waals surface area (Å²) in [7, 11) is 0. The zero-order chi connectivity index (χ0) is 12.4. The number of hydrogen-bond donors (Lipinski definition) is 3. The fourth-order valence-corrected chi connectivity index (χ4v) is 2.38. The molecule has 1 atom stereocenters. The van der Waals surface area contributed by atoms with E-state index in [0.717, 1.165) is 48.5 Å². The van der Waals surface area contributed by atoms with E-state index in [1.165, 1.54) is 6.42 Å². The molecule has 1 aliphatic rings. The van der Waals surface area contributed by atoms with Gasteiger partial charge >= 0.3 is 0 Å². The van der Waals surface area contributed by atoms with Crippen molar-refractivity contribution in [2.45, 2.75) is 12.8 Å². The third-order valence-corrected chi connectivity index (χ3v) is 3.45. The van der Waals surface area contributed by atoms with Gasteiger partial charge in [0.05, 0.1) is 29.7 Å². The highest BCUT2D eigenvalue weighted by molar-refractivity contribution is 5.88. The molecule has 1 unspecified atom stereocenters. The van der Waals surface area contributed by atoms with Gasteiger partial charge in [-0.05, 0) is 30.9 Å². The van der Waals surface area contributed by atoms with Crippen LogP contribution in [-0.4, -0.2) is 30.0 Å². The zero-order valence-electron chi connectivity index (χ0n) is 10.3. The molecule has 0 radical (unpaired) electrons. The SMILES string of the molecule is Nc1cc2cn[nH]c2cc1NCC1CCCOC1. The summed E-state index contributed by atoms with van der Waals surface area (Å²) in [5, 5.41) is 11.4. The largest absolute Gasteiger partial charge is 0.397 e. The van der Waals surface area contributed by atoms with Crippen LogP contribution in [0.2, 0.25) is 0 Å². The number of nitrogen functional groups attached to an aromatic ring is 1. The van der Waals surface area contributed by atoms with Crippen LogP contribution < -0.4 is 11.1 Å². The number of benzene rings is 1. The van der Waals surface area contributed by atoms with E-state index in [1.54, 1.807) is 6.20 Å². The molecular formula is C13H18N4O. The fourth-order valence-electron chi connectivity index (χ4n) is 2.38. The molecule has 0 spiro atoms. The molecule has 0 bridgehead atoms. The van der Waals surface area contributed by atoms with Crippen LogP contribution in [0.3, 0.4) is 0 Å². The van der Waals surface area contributed by atoms with Gasteiger partial charge in [0, 0.05) is 18.5 Å². The monoisotopic (exact) mass is 246 g/mol. The Bertz CT molecular complexity index is 531. The predicted molar refractivity (Wildman–Crippen MR) is 72.5 cm³/mol. The van der Waals surface area contributed by atoms with Crippen LogP contribution in [0.5, 0.6) is 0 Å². The van der Waals surface area contributed by atoms with E-state index in [1.807, 2.05) is 12.1 Å². The second-order valence-corrected chi connectivity index (χ2v) is 4.86. The van der Waals surface area contributed by atoms with Crippen LogP contribution in [0.4, 0.5) is 11.4 Å². The number of fused-ring (bicyclic) bond motifs is 1. The van der Waals surface area contributed by atoms with Gasteiger partial charge in [-0.25, -0.2) is 0 Å². The first-order valence-corrected chi connectivity index (χ1v) is 6.37. The van der Waals surface area contributed by atoms with Crippen LogP contribution in [0, 0.1) is 5.92 Å². The molecule has 1 aromatic carbocycles. The normalized spacial score (nSPS) is 20.1. The van der Waals surface area contributed by atoms with Crippen LogP contribution in [0.15, 0.2) is 18.3 Å². The standard InChI is InChI=1S/C13H18N4O/c14-11-4-10-7-16-17-12(10)5-13(11)15-6-9-2-1-3-18-8-9/h4-5,7,9,15H,1-3,6,8,14H2,(H,16,17). The van der Waals surface area contributed by atoms with Crippen molar-refractivity contribution in [2.24, 2.45) is 5.92 Å². The van der Waals surface area contributed by atoms with E-state index >= 15 is 0 Å². The van der Waals surface area contributed by atoms with Gasteiger partial charge < -0.3 is 15.8 Å². The van der Waals surface area contributed by atoms with Crippen LogP contribution in [-0.2, 0) is 4.74 Å². The summed E-state index contributed by atoms with van der Waals surface area (Å²) >= 11 is 0. The van der Waals surface area contributed by atoms with Crippen molar-refractivity contribution >= 4 is 22.3 Å². The van der Waals surface area contributed by atoms with Gasteiger partial charge in [-0.2, -0.15) is 5.10 Å². The lowest BCUT2D eigenvalue weighted by Crippen LogP contribution is -2.24. The molecule has 1 aromatic heterocycles. The fraction of sp³-hybridized carbons (Fsp3) is 0.462. The number of anilines is 2. The van der Waals surface area contributed by atoms with Crippen LogP contribution >= 0.6 is 0 Å². The lowest BCUT2D eigenvalue weighted by atomic mass is 10.0. The number of hydrogen-bond acceptors (Lipinski definition) is 4. The van der Waals surface area contributed by atoms with Crippen molar-refractivity contribution in [1.82, 2.24) is 10.2 Å². The number of nitrogens with one attached hydrogen (secondary N) is 2. The Labute approximate surface area is 106 Å². The van der Waals surface area contributed by atoms with Crippen LogP contribution in [0.25, 0.3) is 10.9 Å². The quantitative estimate of drug-likeness (QED) is 0.724. The molecule has 1 aliphatic heterocycles. The van der Waals surface area contributed by atoms with Crippen LogP contribution in [0.1, 0.15) is 12.8 Å². The van der Waals surface area contributed by atoms with Gasteiger partial charge in [-0.1, -0.05) is 0 Å². The first-order chi connectivity index (χ1) is 8.83. The molecule has 96 valence electrons. The maximum absolute atomic E-state index is 6.03. The number of nitrogens with zero attached hydrogens (tertiary/aromatic N) is 1. The zero-order valence-corrected chi connectivity index (χ0v) is 10.3. The van der Waals surface area contributed by atoms with Gasteiger partial charge in [-0.15, -0.1) is 0 Å². The van der Waals surface area contributed by atoms with Gasteiger partial charge in [0.1, 0.15) is 0 Å². The Morgan fingerprint density at radius 3 is 3.28 bits per heavy atom. The minimum Gasteiger partial charge on any atom is -0.397 e. The summed E-state index contributed by atoms with van der Waals surface area (Å²) in [6.45, 7) is 2.65. The smallest absolute Gasteiger partial charge is 0.0672 e. The highest BCUT2D eigenvalue weighted by atomic mass is 16.5. The number of ether oxygens (including phenoxy) is 1. The number of aromatic nitrogens is 2. The Balaban J connectivity index is 1.71. The topological polar surface area (TPSA) is 76.0 Å². The maximum Gasteiger partial charge on any atom is 0.0672 e. The highest BCUT2D eigenvalue weighted by Crippen LogP contribution is 2.25. The van der Waals surface area contributed by atoms with E-state index in [9.17, 15) is 0 Å². The van der Waals surface area contributed by atoms with Crippen molar-refractivity contribution in [3.8, 4) is 0 Å². The first-order valence-electron chi connectivity index (χ1n) is 6.37. The highest BCUT2D eigenvalue weighted by Gasteiger charge is 2.14. The van der Waals surface area contributed by atoms with E-state index in [0.29, 0.717) is 5.92 Å². The second-order valence-electron chi connectivity index (χ2n) is 4.86. The molecule has 5 heteroatoms. The number of aromatic amines is 1. The van der Waals surface area contributed by atoms with E-state index < -0.39 is 0 Å². The molecule has 0 saturated carbocycles. The molecule has 0 aliphatic carbocycles. The average molecular weight is 246 g/mol. The minimum absolute atomic E-state index is 0.579. The number of H-pyrrole nitrogens is 1. The molecule has 3 rings (SSSR count). The summed E-state index contributed by atoms with van der Waals surface area (Å²) in [4.78, 5) is 0. The van der Waals surface area contributed by atoms with E-state index in [4.69, 9.17) is 10.5 Å². The van der Waals surface area contributed by atoms with E-state index in [2.05, 4.69) is 15.5 Å². The third-order valence-electron chi connectivity index (χ3n) is 3.45. The van der Waals surface area contributed by atoms with E-state index in [-0.39, 0.29) is 0 Å². The lowest BCUT2D eigenvalue weighted by molar-refractivity contribution is 0.0595. The number of nitrogens with two attached hydrogens (primary N) is 1. The number of rotatable bonds is 3. The maximum atomic E-state index is 6.03. The molecule has 1 saturated heterocycles. The van der Waals surface area contributed by atoms with Gasteiger partial charge in [0.15, 0.2) is 0 Å². The van der Waals surface area contributed by atoms with Crippen molar-refractivity contribution in [3.05, 3.63) is 18.3 Å². The first kappa shape index (κ1) is 11.3. The van der Waals surface area contributed by atoms with Gasteiger partial charge in [0.25, 0.3) is 0 Å². The predicted octanol–water partition coefficient (Wildman–Crippen LogP) is 1.98.